The molecule has 0 fully saturated rings. The standard InChI is InChI=1S/C14H17BrN4O/c1-4-9-6-11(15)7-10(5-2)12(9)19-8-17-13(16-3)18-14(19)20/h6-8H,4-5H2,1-3H3,(H,16,18,20). The van der Waals surface area contributed by atoms with Gasteiger partial charge in [0, 0.05) is 11.5 Å². The molecule has 20 heavy (non-hydrogen) atoms. The minimum absolute atomic E-state index is 0.323. The van der Waals surface area contributed by atoms with Crippen LogP contribution in [-0.2, 0) is 12.8 Å². The van der Waals surface area contributed by atoms with Crippen LogP contribution in [-0.4, -0.2) is 21.6 Å². The number of nitrogens with zero attached hydrogens (tertiary/aromatic N) is 3. The zero-order valence-electron chi connectivity index (χ0n) is 11.8. The number of hydrogen-bond donors (Lipinski definition) is 1. The number of nitrogens with one attached hydrogen (secondary N) is 1. The molecule has 0 bridgehead atoms. The lowest BCUT2D eigenvalue weighted by Crippen LogP contribution is -2.25. The van der Waals surface area contributed by atoms with Gasteiger partial charge in [-0.3, -0.25) is 4.57 Å². The highest BCUT2D eigenvalue weighted by molar-refractivity contribution is 9.10. The van der Waals surface area contributed by atoms with Crippen molar-refractivity contribution in [3.05, 3.63) is 44.5 Å². The summed E-state index contributed by atoms with van der Waals surface area (Å²) < 4.78 is 2.54. The third kappa shape index (κ3) is 2.75. The molecule has 2 aromatic rings. The van der Waals surface area contributed by atoms with Gasteiger partial charge in [0.25, 0.3) is 0 Å². The van der Waals surface area contributed by atoms with Crippen molar-refractivity contribution >= 4 is 21.9 Å². The molecule has 1 N–H and O–H groups in total. The highest BCUT2D eigenvalue weighted by Gasteiger charge is 2.13. The molecule has 0 saturated carbocycles. The lowest BCUT2D eigenvalue weighted by Gasteiger charge is -2.15. The predicted molar refractivity (Wildman–Crippen MR) is 83.6 cm³/mol. The molecular formula is C14H17BrN4O. The molecule has 0 unspecified atom stereocenters. The Morgan fingerprint density at radius 2 is 1.85 bits per heavy atom. The minimum atomic E-state index is -0.323. The van der Waals surface area contributed by atoms with Crippen molar-refractivity contribution in [2.45, 2.75) is 26.7 Å². The molecule has 106 valence electrons. The first-order chi connectivity index (χ1) is 9.60. The molecule has 0 radical (unpaired) electrons. The second kappa shape index (κ2) is 6.17. The van der Waals surface area contributed by atoms with Crippen molar-refractivity contribution in [2.75, 3.05) is 12.4 Å². The number of anilines is 1. The van der Waals surface area contributed by atoms with E-state index in [0.29, 0.717) is 5.95 Å². The van der Waals surface area contributed by atoms with E-state index in [4.69, 9.17) is 0 Å². The van der Waals surface area contributed by atoms with E-state index < -0.39 is 0 Å². The van der Waals surface area contributed by atoms with E-state index in [1.165, 1.54) is 10.9 Å². The molecule has 1 heterocycles. The summed E-state index contributed by atoms with van der Waals surface area (Å²) in [6, 6.07) is 4.07. The Bertz CT molecular complexity index is 656. The average Bonchev–Trinajstić information content (AvgIpc) is 2.46. The summed E-state index contributed by atoms with van der Waals surface area (Å²) in [5, 5.41) is 2.77. The quantitative estimate of drug-likeness (QED) is 0.932. The second-order valence-corrected chi connectivity index (χ2v) is 5.28. The summed E-state index contributed by atoms with van der Waals surface area (Å²) >= 11 is 3.51. The van der Waals surface area contributed by atoms with Gasteiger partial charge in [-0.25, -0.2) is 9.78 Å². The molecule has 0 aliphatic rings. The Kier molecular flexibility index (Phi) is 4.54. The van der Waals surface area contributed by atoms with E-state index in [9.17, 15) is 4.79 Å². The smallest absolute Gasteiger partial charge is 0.356 e. The van der Waals surface area contributed by atoms with Crippen LogP contribution in [0.1, 0.15) is 25.0 Å². The molecular weight excluding hydrogens is 320 g/mol. The molecule has 0 amide bonds. The molecule has 0 spiro atoms. The van der Waals surface area contributed by atoms with E-state index >= 15 is 0 Å². The maximum atomic E-state index is 12.2. The Labute approximate surface area is 126 Å². The lowest BCUT2D eigenvalue weighted by molar-refractivity contribution is 0.836. The van der Waals surface area contributed by atoms with Crippen LogP contribution in [0, 0.1) is 0 Å². The summed E-state index contributed by atoms with van der Waals surface area (Å²) in [4.78, 5) is 20.2. The number of hydrogen-bond acceptors (Lipinski definition) is 4. The predicted octanol–water partition coefficient (Wildman–Crippen LogP) is 2.56. The fourth-order valence-electron chi connectivity index (χ4n) is 2.17. The summed E-state index contributed by atoms with van der Waals surface area (Å²) in [5.41, 5.74) is 2.76. The third-order valence-electron chi connectivity index (χ3n) is 3.16. The Balaban J connectivity index is 2.71. The first-order valence-corrected chi connectivity index (χ1v) is 7.35. The summed E-state index contributed by atoms with van der Waals surface area (Å²) in [7, 11) is 1.69. The van der Waals surface area contributed by atoms with Crippen LogP contribution >= 0.6 is 15.9 Å². The molecule has 1 aromatic heterocycles. The van der Waals surface area contributed by atoms with Crippen LogP contribution in [0.5, 0.6) is 0 Å². The SMILES string of the molecule is CCc1cc(Br)cc(CC)c1-n1cnc(NC)nc1=O. The van der Waals surface area contributed by atoms with Crippen molar-refractivity contribution in [3.63, 3.8) is 0 Å². The molecule has 0 aliphatic carbocycles. The number of halogens is 1. The van der Waals surface area contributed by atoms with Gasteiger partial charge in [-0.1, -0.05) is 29.8 Å². The lowest BCUT2D eigenvalue weighted by atomic mass is 10.0. The van der Waals surface area contributed by atoms with Crippen molar-refractivity contribution < 1.29 is 0 Å². The van der Waals surface area contributed by atoms with E-state index in [2.05, 4.69) is 45.1 Å². The van der Waals surface area contributed by atoms with Crippen molar-refractivity contribution in [1.82, 2.24) is 14.5 Å². The molecule has 0 aliphatic heterocycles. The van der Waals surface area contributed by atoms with Crippen LogP contribution in [0.4, 0.5) is 5.95 Å². The van der Waals surface area contributed by atoms with Gasteiger partial charge in [-0.2, -0.15) is 4.98 Å². The Morgan fingerprint density at radius 1 is 1.25 bits per heavy atom. The molecule has 0 atom stereocenters. The van der Waals surface area contributed by atoms with Crippen molar-refractivity contribution in [2.24, 2.45) is 0 Å². The van der Waals surface area contributed by atoms with Crippen LogP contribution in [0.3, 0.4) is 0 Å². The van der Waals surface area contributed by atoms with E-state index in [0.717, 1.165) is 34.1 Å². The number of aryl methyl sites for hydroxylation is 2. The van der Waals surface area contributed by atoms with Crippen LogP contribution in [0.25, 0.3) is 5.69 Å². The molecule has 5 nitrogen and oxygen atoms in total. The minimum Gasteiger partial charge on any atom is -0.357 e. The highest BCUT2D eigenvalue weighted by atomic mass is 79.9. The zero-order valence-corrected chi connectivity index (χ0v) is 13.4. The van der Waals surface area contributed by atoms with Gasteiger partial charge in [0.15, 0.2) is 0 Å². The number of benzene rings is 1. The second-order valence-electron chi connectivity index (χ2n) is 4.36. The van der Waals surface area contributed by atoms with Gasteiger partial charge < -0.3 is 5.32 Å². The van der Waals surface area contributed by atoms with Gasteiger partial charge in [0.2, 0.25) is 5.95 Å². The summed E-state index contributed by atoms with van der Waals surface area (Å²) in [6.45, 7) is 4.14. The third-order valence-corrected chi connectivity index (χ3v) is 3.62. The highest BCUT2D eigenvalue weighted by Crippen LogP contribution is 2.25. The maximum absolute atomic E-state index is 12.2. The normalized spacial score (nSPS) is 10.6. The first kappa shape index (κ1) is 14.7. The Morgan fingerprint density at radius 3 is 2.30 bits per heavy atom. The fourth-order valence-corrected chi connectivity index (χ4v) is 2.73. The number of aromatic nitrogens is 3. The van der Waals surface area contributed by atoms with E-state index in [1.807, 2.05) is 12.1 Å². The van der Waals surface area contributed by atoms with Gasteiger partial charge >= 0.3 is 5.69 Å². The topological polar surface area (TPSA) is 59.8 Å². The maximum Gasteiger partial charge on any atom is 0.356 e. The average molecular weight is 337 g/mol. The van der Waals surface area contributed by atoms with Gasteiger partial charge in [-0.15, -0.1) is 0 Å². The van der Waals surface area contributed by atoms with Gasteiger partial charge in [0.05, 0.1) is 5.69 Å². The van der Waals surface area contributed by atoms with Crippen LogP contribution in [0.2, 0.25) is 0 Å². The van der Waals surface area contributed by atoms with Crippen molar-refractivity contribution in [3.8, 4) is 5.69 Å². The van der Waals surface area contributed by atoms with E-state index in [1.54, 1.807) is 7.05 Å². The van der Waals surface area contributed by atoms with E-state index in [-0.39, 0.29) is 5.69 Å². The summed E-state index contributed by atoms with van der Waals surface area (Å²) in [5.74, 6) is 0.333. The van der Waals surface area contributed by atoms with Crippen molar-refractivity contribution in [1.29, 1.82) is 0 Å². The van der Waals surface area contributed by atoms with Gasteiger partial charge in [0.1, 0.15) is 6.33 Å². The largest absolute Gasteiger partial charge is 0.357 e. The molecule has 6 heteroatoms. The van der Waals surface area contributed by atoms with Crippen LogP contribution in [0.15, 0.2) is 27.7 Å². The monoisotopic (exact) mass is 336 g/mol. The zero-order chi connectivity index (χ0) is 14.7. The molecule has 0 saturated heterocycles. The molecule has 1 aromatic carbocycles. The first-order valence-electron chi connectivity index (χ1n) is 6.55. The Hall–Kier alpha value is -1.69. The number of rotatable bonds is 4. The van der Waals surface area contributed by atoms with Gasteiger partial charge in [-0.05, 0) is 36.1 Å². The fraction of sp³-hybridized carbons (Fsp3) is 0.357. The van der Waals surface area contributed by atoms with Crippen LogP contribution < -0.4 is 11.0 Å². The summed E-state index contributed by atoms with van der Waals surface area (Å²) in [6.07, 6.45) is 3.20. The molecule has 2 rings (SSSR count).